The van der Waals surface area contributed by atoms with Crippen molar-refractivity contribution >= 4 is 11.6 Å². The molecule has 0 bridgehead atoms. The van der Waals surface area contributed by atoms with E-state index in [1.54, 1.807) is 6.33 Å². The monoisotopic (exact) mass is 233 g/mol. The van der Waals surface area contributed by atoms with Crippen molar-refractivity contribution in [3.63, 3.8) is 0 Å². The molecule has 1 atom stereocenters. The van der Waals surface area contributed by atoms with E-state index < -0.39 is 0 Å². The van der Waals surface area contributed by atoms with Gasteiger partial charge in [0.05, 0.1) is 0 Å². The number of nitrogens with zero attached hydrogens (tertiary/aromatic N) is 2. The fourth-order valence-electron chi connectivity index (χ4n) is 2.13. The zero-order chi connectivity index (χ0) is 11.5. The highest BCUT2D eigenvalue weighted by atomic mass is 15.1. The van der Waals surface area contributed by atoms with Crippen LogP contribution in [-0.4, -0.2) is 35.1 Å². The molecular weight excluding hydrogens is 214 g/mol. The van der Waals surface area contributed by atoms with Crippen LogP contribution in [0.5, 0.6) is 0 Å². The molecular formula is C12H19N5. The molecule has 0 spiro atoms. The third-order valence-corrected chi connectivity index (χ3v) is 3.29. The fourth-order valence-corrected chi connectivity index (χ4v) is 2.13. The minimum atomic E-state index is 0.588. The molecule has 17 heavy (non-hydrogen) atoms. The van der Waals surface area contributed by atoms with Gasteiger partial charge in [0.15, 0.2) is 0 Å². The second kappa shape index (κ2) is 4.87. The molecule has 0 amide bonds. The topological polar surface area (TPSA) is 61.9 Å². The highest BCUT2D eigenvalue weighted by molar-refractivity contribution is 5.47. The second-order valence-corrected chi connectivity index (χ2v) is 4.88. The molecule has 1 saturated carbocycles. The maximum Gasteiger partial charge on any atom is 0.131 e. The lowest BCUT2D eigenvalue weighted by atomic mass is 10.2. The van der Waals surface area contributed by atoms with Crippen LogP contribution >= 0.6 is 0 Å². The summed E-state index contributed by atoms with van der Waals surface area (Å²) in [5.41, 5.74) is 0. The first-order chi connectivity index (χ1) is 8.40. The van der Waals surface area contributed by atoms with Crippen LogP contribution in [0.1, 0.15) is 25.7 Å². The van der Waals surface area contributed by atoms with Crippen molar-refractivity contribution in [3.8, 4) is 0 Å². The van der Waals surface area contributed by atoms with Gasteiger partial charge in [0.1, 0.15) is 18.0 Å². The Kier molecular flexibility index (Phi) is 3.09. The molecule has 3 N–H and O–H groups in total. The molecule has 2 fully saturated rings. The van der Waals surface area contributed by atoms with Crippen LogP contribution in [0.4, 0.5) is 11.6 Å². The summed E-state index contributed by atoms with van der Waals surface area (Å²) in [7, 11) is 0. The Bertz CT molecular complexity index is 371. The van der Waals surface area contributed by atoms with Crippen LogP contribution < -0.4 is 16.0 Å². The van der Waals surface area contributed by atoms with Crippen LogP contribution in [0.2, 0.25) is 0 Å². The summed E-state index contributed by atoms with van der Waals surface area (Å²) in [4.78, 5) is 8.46. The maximum atomic E-state index is 4.24. The van der Waals surface area contributed by atoms with E-state index in [-0.39, 0.29) is 0 Å². The molecule has 3 rings (SSSR count). The number of rotatable bonds is 5. The molecule has 1 unspecified atom stereocenters. The van der Waals surface area contributed by atoms with Gasteiger partial charge >= 0.3 is 0 Å². The summed E-state index contributed by atoms with van der Waals surface area (Å²) in [6.07, 6.45) is 6.68. The molecule has 5 nitrogen and oxygen atoms in total. The zero-order valence-electron chi connectivity index (χ0n) is 9.95. The number of anilines is 2. The van der Waals surface area contributed by atoms with E-state index >= 15 is 0 Å². The molecule has 2 heterocycles. The van der Waals surface area contributed by atoms with Gasteiger partial charge < -0.3 is 16.0 Å². The molecule has 1 aromatic heterocycles. The quantitative estimate of drug-likeness (QED) is 0.713. The van der Waals surface area contributed by atoms with Gasteiger partial charge in [-0.3, -0.25) is 0 Å². The third kappa shape index (κ3) is 3.06. The van der Waals surface area contributed by atoms with Crippen molar-refractivity contribution in [1.29, 1.82) is 0 Å². The molecule has 1 saturated heterocycles. The lowest BCUT2D eigenvalue weighted by Gasteiger charge is -2.12. The zero-order valence-corrected chi connectivity index (χ0v) is 9.95. The number of aromatic nitrogens is 2. The van der Waals surface area contributed by atoms with Crippen molar-refractivity contribution < 1.29 is 0 Å². The highest BCUT2D eigenvalue weighted by Gasteiger charge is 2.21. The van der Waals surface area contributed by atoms with Crippen LogP contribution in [0.25, 0.3) is 0 Å². The van der Waals surface area contributed by atoms with E-state index in [1.807, 2.05) is 6.07 Å². The fraction of sp³-hybridized carbons (Fsp3) is 0.667. The average Bonchev–Trinajstić information content (AvgIpc) is 3.00. The van der Waals surface area contributed by atoms with Crippen molar-refractivity contribution in [2.75, 3.05) is 23.7 Å². The van der Waals surface area contributed by atoms with E-state index in [1.165, 1.54) is 25.7 Å². The van der Waals surface area contributed by atoms with Gasteiger partial charge in [-0.2, -0.15) is 0 Å². The first kappa shape index (κ1) is 10.8. The summed E-state index contributed by atoms with van der Waals surface area (Å²) in [5.74, 6) is 1.85. The summed E-state index contributed by atoms with van der Waals surface area (Å²) < 4.78 is 0. The van der Waals surface area contributed by atoms with E-state index in [2.05, 4.69) is 25.9 Å². The van der Waals surface area contributed by atoms with E-state index in [0.29, 0.717) is 12.1 Å². The SMILES string of the molecule is c1nc(NCC2CCCN2)cc(NC2CC2)n1. The molecule has 5 heteroatoms. The number of hydrogen-bond donors (Lipinski definition) is 3. The molecule has 2 aliphatic rings. The third-order valence-electron chi connectivity index (χ3n) is 3.29. The first-order valence-corrected chi connectivity index (χ1v) is 6.46. The largest absolute Gasteiger partial charge is 0.368 e. The van der Waals surface area contributed by atoms with Crippen molar-refractivity contribution in [2.45, 2.75) is 37.8 Å². The Morgan fingerprint density at radius 3 is 2.88 bits per heavy atom. The summed E-state index contributed by atoms with van der Waals surface area (Å²) in [6, 6.07) is 3.21. The van der Waals surface area contributed by atoms with Crippen LogP contribution in [-0.2, 0) is 0 Å². The van der Waals surface area contributed by atoms with Crippen LogP contribution in [0.15, 0.2) is 12.4 Å². The van der Waals surface area contributed by atoms with Crippen LogP contribution in [0.3, 0.4) is 0 Å². The Balaban J connectivity index is 1.53. The second-order valence-electron chi connectivity index (χ2n) is 4.88. The predicted molar refractivity (Wildman–Crippen MR) is 68.2 cm³/mol. The smallest absolute Gasteiger partial charge is 0.131 e. The van der Waals surface area contributed by atoms with E-state index in [4.69, 9.17) is 0 Å². The lowest BCUT2D eigenvalue weighted by molar-refractivity contribution is 0.632. The predicted octanol–water partition coefficient (Wildman–Crippen LogP) is 1.21. The van der Waals surface area contributed by atoms with Gasteiger partial charge in [0.25, 0.3) is 0 Å². The molecule has 0 aromatic carbocycles. The van der Waals surface area contributed by atoms with Gasteiger partial charge in [0.2, 0.25) is 0 Å². The minimum Gasteiger partial charge on any atom is -0.368 e. The van der Waals surface area contributed by atoms with Gasteiger partial charge in [-0.05, 0) is 32.2 Å². The van der Waals surface area contributed by atoms with Gasteiger partial charge in [-0.15, -0.1) is 0 Å². The summed E-state index contributed by atoms with van der Waals surface area (Å²) in [6.45, 7) is 2.09. The molecule has 1 aliphatic carbocycles. The average molecular weight is 233 g/mol. The molecule has 92 valence electrons. The molecule has 1 aliphatic heterocycles. The summed E-state index contributed by atoms with van der Waals surface area (Å²) in [5, 5.41) is 10.2. The van der Waals surface area contributed by atoms with Gasteiger partial charge in [-0.25, -0.2) is 9.97 Å². The van der Waals surface area contributed by atoms with E-state index in [9.17, 15) is 0 Å². The Morgan fingerprint density at radius 1 is 1.24 bits per heavy atom. The Hall–Kier alpha value is -1.36. The normalized spacial score (nSPS) is 23.6. The van der Waals surface area contributed by atoms with Crippen LogP contribution in [0, 0.1) is 0 Å². The van der Waals surface area contributed by atoms with E-state index in [0.717, 1.165) is 24.7 Å². The van der Waals surface area contributed by atoms with Gasteiger partial charge in [0, 0.05) is 24.7 Å². The van der Waals surface area contributed by atoms with Crippen molar-refractivity contribution in [2.24, 2.45) is 0 Å². The summed E-state index contributed by atoms with van der Waals surface area (Å²) >= 11 is 0. The number of hydrogen-bond acceptors (Lipinski definition) is 5. The first-order valence-electron chi connectivity index (χ1n) is 6.46. The Labute approximate surface area is 101 Å². The lowest BCUT2D eigenvalue weighted by Crippen LogP contribution is -2.29. The minimum absolute atomic E-state index is 0.588. The van der Waals surface area contributed by atoms with Crippen molar-refractivity contribution in [1.82, 2.24) is 15.3 Å². The molecule has 0 radical (unpaired) electrons. The standard InChI is InChI=1S/C12H19N5/c1-2-10(13-5-1)7-14-11-6-12(16-8-15-11)17-9-3-4-9/h6,8-10,13H,1-5,7H2,(H2,14,15,16,17). The van der Waals surface area contributed by atoms with Gasteiger partial charge in [-0.1, -0.05) is 0 Å². The van der Waals surface area contributed by atoms with Crippen molar-refractivity contribution in [3.05, 3.63) is 12.4 Å². The maximum absolute atomic E-state index is 4.24. The number of nitrogens with one attached hydrogen (secondary N) is 3. The molecule has 1 aromatic rings. The Morgan fingerprint density at radius 2 is 2.12 bits per heavy atom. The highest BCUT2D eigenvalue weighted by Crippen LogP contribution is 2.24.